The molecule has 1 unspecified atom stereocenters. The first kappa shape index (κ1) is 9.72. The molecule has 4 nitrogen and oxygen atoms in total. The van der Waals surface area contributed by atoms with Gasteiger partial charge in [-0.1, -0.05) is 5.16 Å². The average Bonchev–Trinajstić information content (AvgIpc) is 2.74. The van der Waals surface area contributed by atoms with Gasteiger partial charge < -0.3 is 10.3 Å². The first-order valence-corrected chi connectivity index (χ1v) is 4.15. The van der Waals surface area contributed by atoms with E-state index in [1.165, 1.54) is 0 Å². The molecular formula is C9H7F2N3O. The molecule has 1 aromatic heterocycles. The number of hydrogen-bond donors (Lipinski definition) is 1. The van der Waals surface area contributed by atoms with Crippen molar-refractivity contribution in [1.29, 1.82) is 0 Å². The van der Waals surface area contributed by atoms with E-state index in [0.29, 0.717) is 0 Å². The highest BCUT2D eigenvalue weighted by atomic mass is 19.1. The van der Waals surface area contributed by atoms with E-state index >= 15 is 0 Å². The van der Waals surface area contributed by atoms with Gasteiger partial charge in [0.1, 0.15) is 11.6 Å². The highest BCUT2D eigenvalue weighted by Crippen LogP contribution is 2.20. The Morgan fingerprint density at radius 1 is 1.33 bits per heavy atom. The van der Waals surface area contributed by atoms with E-state index in [2.05, 4.69) is 14.7 Å². The lowest BCUT2D eigenvalue weighted by Gasteiger charge is -2.08. The third-order valence-electron chi connectivity index (χ3n) is 1.95. The summed E-state index contributed by atoms with van der Waals surface area (Å²) in [5, 5.41) is 3.46. The highest BCUT2D eigenvalue weighted by molar-refractivity contribution is 5.26. The lowest BCUT2D eigenvalue weighted by Crippen LogP contribution is -2.15. The van der Waals surface area contributed by atoms with Crippen molar-refractivity contribution in [3.63, 3.8) is 0 Å². The minimum atomic E-state index is -0.931. The SMILES string of the molecule is NC(c1ncon1)c1cc(F)ccc1F. The van der Waals surface area contributed by atoms with Crippen LogP contribution < -0.4 is 5.73 Å². The van der Waals surface area contributed by atoms with Crippen LogP contribution in [0.4, 0.5) is 8.78 Å². The van der Waals surface area contributed by atoms with Gasteiger partial charge >= 0.3 is 0 Å². The number of hydrogen-bond acceptors (Lipinski definition) is 4. The second kappa shape index (κ2) is 3.74. The zero-order valence-electron chi connectivity index (χ0n) is 7.52. The number of nitrogens with zero attached hydrogens (tertiary/aromatic N) is 2. The topological polar surface area (TPSA) is 64.9 Å². The quantitative estimate of drug-likeness (QED) is 0.815. The van der Waals surface area contributed by atoms with Crippen LogP contribution in [-0.2, 0) is 0 Å². The Hall–Kier alpha value is -1.82. The molecule has 1 aromatic carbocycles. The van der Waals surface area contributed by atoms with Crippen LogP contribution in [0.15, 0.2) is 29.1 Å². The van der Waals surface area contributed by atoms with Crippen molar-refractivity contribution in [3.05, 3.63) is 47.6 Å². The summed E-state index contributed by atoms with van der Waals surface area (Å²) >= 11 is 0. The van der Waals surface area contributed by atoms with Crippen LogP contribution in [0.5, 0.6) is 0 Å². The summed E-state index contributed by atoms with van der Waals surface area (Å²) in [7, 11) is 0. The Morgan fingerprint density at radius 3 is 2.80 bits per heavy atom. The van der Waals surface area contributed by atoms with Crippen LogP contribution in [-0.4, -0.2) is 10.1 Å². The average molecular weight is 211 g/mol. The van der Waals surface area contributed by atoms with Crippen molar-refractivity contribution in [1.82, 2.24) is 10.1 Å². The van der Waals surface area contributed by atoms with Gasteiger partial charge in [-0.25, -0.2) is 8.78 Å². The number of rotatable bonds is 2. The molecule has 0 radical (unpaired) electrons. The van der Waals surface area contributed by atoms with E-state index in [9.17, 15) is 8.78 Å². The summed E-state index contributed by atoms with van der Waals surface area (Å²) in [6, 6.07) is 2.10. The zero-order valence-corrected chi connectivity index (χ0v) is 7.52. The Morgan fingerprint density at radius 2 is 2.13 bits per heavy atom. The minimum absolute atomic E-state index is 0.00333. The van der Waals surface area contributed by atoms with Gasteiger partial charge in [0.05, 0.1) is 6.04 Å². The van der Waals surface area contributed by atoms with Gasteiger partial charge in [0.15, 0.2) is 5.82 Å². The molecule has 0 bridgehead atoms. The molecule has 78 valence electrons. The molecule has 1 heterocycles. The maximum Gasteiger partial charge on any atom is 0.213 e. The second-order valence-corrected chi connectivity index (χ2v) is 2.93. The van der Waals surface area contributed by atoms with Gasteiger partial charge in [-0.15, -0.1) is 0 Å². The molecule has 0 saturated heterocycles. The van der Waals surface area contributed by atoms with Crippen LogP contribution in [0, 0.1) is 11.6 Å². The predicted octanol–water partition coefficient (Wildman–Crippen LogP) is 1.40. The summed E-state index contributed by atoms with van der Waals surface area (Å²) in [5.41, 5.74) is 5.64. The fraction of sp³-hybridized carbons (Fsp3) is 0.111. The van der Waals surface area contributed by atoms with E-state index in [1.54, 1.807) is 0 Å². The molecule has 0 aliphatic heterocycles. The fourth-order valence-corrected chi connectivity index (χ4v) is 1.21. The molecule has 0 amide bonds. The Balaban J connectivity index is 2.41. The van der Waals surface area contributed by atoms with Crippen LogP contribution in [0.25, 0.3) is 0 Å². The highest BCUT2D eigenvalue weighted by Gasteiger charge is 2.18. The summed E-state index contributed by atoms with van der Waals surface area (Å²) in [5.74, 6) is -1.06. The number of halogens is 2. The van der Waals surface area contributed by atoms with Gasteiger partial charge in [0.25, 0.3) is 0 Å². The summed E-state index contributed by atoms with van der Waals surface area (Å²) < 4.78 is 30.6. The van der Waals surface area contributed by atoms with E-state index in [0.717, 1.165) is 24.6 Å². The first-order chi connectivity index (χ1) is 7.18. The summed E-state index contributed by atoms with van der Waals surface area (Å²) in [6.45, 7) is 0. The number of aromatic nitrogens is 2. The molecule has 2 aromatic rings. The Bertz CT molecular complexity index is 458. The molecule has 2 N–H and O–H groups in total. The van der Waals surface area contributed by atoms with Crippen LogP contribution in [0.2, 0.25) is 0 Å². The standard InChI is InChI=1S/C9H7F2N3O/c10-5-1-2-7(11)6(3-5)8(12)9-13-4-15-14-9/h1-4,8H,12H2. The molecule has 0 saturated carbocycles. The maximum atomic E-state index is 13.3. The maximum absolute atomic E-state index is 13.3. The molecule has 0 aliphatic carbocycles. The van der Waals surface area contributed by atoms with Gasteiger partial charge in [-0.2, -0.15) is 4.98 Å². The molecule has 6 heteroatoms. The third-order valence-corrected chi connectivity index (χ3v) is 1.95. The van der Waals surface area contributed by atoms with Crippen LogP contribution in [0.3, 0.4) is 0 Å². The third kappa shape index (κ3) is 1.84. The number of benzene rings is 1. The Labute approximate surface area is 83.7 Å². The fourth-order valence-electron chi connectivity index (χ4n) is 1.21. The molecule has 1 atom stereocenters. The normalized spacial score (nSPS) is 12.7. The lowest BCUT2D eigenvalue weighted by atomic mass is 10.1. The molecule has 2 rings (SSSR count). The first-order valence-electron chi connectivity index (χ1n) is 4.15. The van der Waals surface area contributed by atoms with E-state index in [4.69, 9.17) is 5.73 Å². The molecule has 15 heavy (non-hydrogen) atoms. The Kier molecular flexibility index (Phi) is 2.42. The zero-order chi connectivity index (χ0) is 10.8. The van der Waals surface area contributed by atoms with Crippen molar-refractivity contribution in [3.8, 4) is 0 Å². The summed E-state index contributed by atoms with van der Waals surface area (Å²) in [4.78, 5) is 3.67. The number of nitrogens with two attached hydrogens (primary N) is 1. The molecule has 0 aliphatic rings. The second-order valence-electron chi connectivity index (χ2n) is 2.93. The summed E-state index contributed by atoms with van der Waals surface area (Å²) in [6.07, 6.45) is 1.08. The predicted molar refractivity (Wildman–Crippen MR) is 46.7 cm³/mol. The van der Waals surface area contributed by atoms with Crippen molar-refractivity contribution in [2.24, 2.45) is 5.73 Å². The molecular weight excluding hydrogens is 204 g/mol. The van der Waals surface area contributed by atoms with Crippen molar-refractivity contribution in [2.75, 3.05) is 0 Å². The molecule has 0 spiro atoms. The van der Waals surface area contributed by atoms with E-state index < -0.39 is 17.7 Å². The van der Waals surface area contributed by atoms with Gasteiger partial charge in [0.2, 0.25) is 6.39 Å². The monoisotopic (exact) mass is 211 g/mol. The molecule has 0 fully saturated rings. The van der Waals surface area contributed by atoms with Crippen molar-refractivity contribution >= 4 is 0 Å². The van der Waals surface area contributed by atoms with Gasteiger partial charge in [0, 0.05) is 5.56 Å². The lowest BCUT2D eigenvalue weighted by molar-refractivity contribution is 0.406. The largest absolute Gasteiger partial charge is 0.343 e. The minimum Gasteiger partial charge on any atom is -0.343 e. The van der Waals surface area contributed by atoms with Crippen LogP contribution >= 0.6 is 0 Å². The van der Waals surface area contributed by atoms with Crippen molar-refractivity contribution < 1.29 is 13.3 Å². The van der Waals surface area contributed by atoms with Crippen LogP contribution in [0.1, 0.15) is 17.4 Å². The van der Waals surface area contributed by atoms with Gasteiger partial charge in [-0.3, -0.25) is 0 Å². The smallest absolute Gasteiger partial charge is 0.213 e. The van der Waals surface area contributed by atoms with Gasteiger partial charge in [-0.05, 0) is 18.2 Å². The van der Waals surface area contributed by atoms with E-state index in [1.807, 2.05) is 0 Å². The van der Waals surface area contributed by atoms with Crippen molar-refractivity contribution in [2.45, 2.75) is 6.04 Å². The van der Waals surface area contributed by atoms with E-state index in [-0.39, 0.29) is 11.4 Å².